The summed E-state index contributed by atoms with van der Waals surface area (Å²) in [5, 5.41) is 5.89. The highest BCUT2D eigenvalue weighted by Crippen LogP contribution is 2.29. The molecule has 0 unspecified atom stereocenters. The van der Waals surface area contributed by atoms with Gasteiger partial charge >= 0.3 is 0 Å². The predicted molar refractivity (Wildman–Crippen MR) is 71.3 cm³/mol. The zero-order chi connectivity index (χ0) is 13.0. The van der Waals surface area contributed by atoms with Crippen molar-refractivity contribution < 1.29 is 14.0 Å². The van der Waals surface area contributed by atoms with Crippen molar-refractivity contribution in [2.75, 3.05) is 13.2 Å². The Labute approximate surface area is 117 Å². The number of hydrogen-bond acceptors (Lipinski definition) is 6. The fourth-order valence-corrected chi connectivity index (χ4v) is 2.71. The monoisotopic (exact) mass is 332 g/mol. The van der Waals surface area contributed by atoms with E-state index in [-0.39, 0.29) is 0 Å². The molecule has 0 aliphatic heterocycles. The van der Waals surface area contributed by atoms with Crippen LogP contribution in [0.15, 0.2) is 20.4 Å². The van der Waals surface area contributed by atoms with Crippen molar-refractivity contribution in [3.8, 4) is 10.7 Å². The summed E-state index contributed by atoms with van der Waals surface area (Å²) in [4.78, 5) is 5.23. The minimum absolute atomic E-state index is 0.346. The van der Waals surface area contributed by atoms with Crippen molar-refractivity contribution in [3.05, 3.63) is 21.8 Å². The topological polar surface area (TPSA) is 57.4 Å². The highest BCUT2D eigenvalue weighted by Gasteiger charge is 2.20. The maximum atomic E-state index is 5.40. The highest BCUT2D eigenvalue weighted by molar-refractivity contribution is 9.10. The van der Waals surface area contributed by atoms with Crippen LogP contribution < -0.4 is 0 Å². The van der Waals surface area contributed by atoms with E-state index in [1.807, 2.05) is 25.3 Å². The fraction of sp³-hybridized carbons (Fsp3) is 0.455. The van der Waals surface area contributed by atoms with Gasteiger partial charge in [0, 0.05) is 23.1 Å². The van der Waals surface area contributed by atoms with Gasteiger partial charge in [-0.05, 0) is 35.8 Å². The van der Waals surface area contributed by atoms with Crippen LogP contribution in [0.5, 0.6) is 0 Å². The van der Waals surface area contributed by atoms with E-state index in [0.29, 0.717) is 24.9 Å². The van der Waals surface area contributed by atoms with E-state index >= 15 is 0 Å². The highest BCUT2D eigenvalue weighted by atomic mass is 79.9. The standard InChI is InChI=1S/C11H13BrN2O3S/c1-3-15-11(16-4-2)10-13-9(14-17-10)8-5-7(12)6-18-8/h5-6,11H,3-4H2,1-2H3. The number of nitrogens with zero attached hydrogens (tertiary/aromatic N) is 2. The van der Waals surface area contributed by atoms with Crippen LogP contribution in [0.2, 0.25) is 0 Å². The molecule has 2 rings (SSSR count). The van der Waals surface area contributed by atoms with Crippen LogP contribution >= 0.6 is 27.3 Å². The van der Waals surface area contributed by atoms with Crippen molar-refractivity contribution in [2.24, 2.45) is 0 Å². The van der Waals surface area contributed by atoms with Gasteiger partial charge in [0.05, 0.1) is 4.88 Å². The molecule has 0 saturated carbocycles. The molecule has 0 aliphatic carbocycles. The molecule has 18 heavy (non-hydrogen) atoms. The molecule has 5 nitrogen and oxygen atoms in total. The molecular weight excluding hydrogens is 320 g/mol. The normalized spacial score (nSPS) is 11.3. The van der Waals surface area contributed by atoms with Crippen molar-refractivity contribution in [3.63, 3.8) is 0 Å². The van der Waals surface area contributed by atoms with Gasteiger partial charge in [0.2, 0.25) is 12.1 Å². The molecule has 0 aliphatic rings. The third kappa shape index (κ3) is 3.17. The smallest absolute Gasteiger partial charge is 0.283 e. The molecule has 2 aromatic heterocycles. The van der Waals surface area contributed by atoms with Gasteiger partial charge in [-0.3, -0.25) is 0 Å². The lowest BCUT2D eigenvalue weighted by Crippen LogP contribution is -2.09. The summed E-state index contributed by atoms with van der Waals surface area (Å²) < 4.78 is 17.0. The molecule has 0 atom stereocenters. The van der Waals surface area contributed by atoms with Gasteiger partial charge in [0.25, 0.3) is 5.89 Å². The molecule has 0 spiro atoms. The van der Waals surface area contributed by atoms with E-state index < -0.39 is 6.29 Å². The number of aromatic nitrogens is 2. The Morgan fingerprint density at radius 1 is 1.39 bits per heavy atom. The van der Waals surface area contributed by atoms with Gasteiger partial charge in [-0.2, -0.15) is 4.98 Å². The van der Waals surface area contributed by atoms with E-state index in [9.17, 15) is 0 Å². The Morgan fingerprint density at radius 2 is 2.11 bits per heavy atom. The van der Waals surface area contributed by atoms with E-state index in [4.69, 9.17) is 14.0 Å². The van der Waals surface area contributed by atoms with Crippen LogP contribution in [0, 0.1) is 0 Å². The molecule has 0 amide bonds. The molecule has 0 fully saturated rings. The van der Waals surface area contributed by atoms with E-state index in [1.54, 1.807) is 11.3 Å². The van der Waals surface area contributed by atoms with Gasteiger partial charge in [0.15, 0.2) is 0 Å². The van der Waals surface area contributed by atoms with Crippen molar-refractivity contribution in [2.45, 2.75) is 20.1 Å². The quantitative estimate of drug-likeness (QED) is 0.756. The van der Waals surface area contributed by atoms with Crippen LogP contribution in [0.4, 0.5) is 0 Å². The van der Waals surface area contributed by atoms with E-state index in [0.717, 1.165) is 9.35 Å². The summed E-state index contributed by atoms with van der Waals surface area (Å²) in [6.07, 6.45) is -0.593. The summed E-state index contributed by atoms with van der Waals surface area (Å²) in [6, 6.07) is 1.94. The number of hydrogen-bond donors (Lipinski definition) is 0. The van der Waals surface area contributed by atoms with Crippen LogP contribution in [0.1, 0.15) is 26.0 Å². The minimum Gasteiger partial charge on any atom is -0.345 e. The van der Waals surface area contributed by atoms with Crippen LogP contribution in [0.25, 0.3) is 10.7 Å². The maximum Gasteiger partial charge on any atom is 0.283 e. The Balaban J connectivity index is 2.18. The zero-order valence-electron chi connectivity index (χ0n) is 10.1. The van der Waals surface area contributed by atoms with Crippen LogP contribution in [-0.2, 0) is 9.47 Å². The van der Waals surface area contributed by atoms with Crippen molar-refractivity contribution >= 4 is 27.3 Å². The van der Waals surface area contributed by atoms with Gasteiger partial charge in [-0.25, -0.2) is 0 Å². The first-order valence-corrected chi connectivity index (χ1v) is 7.23. The lowest BCUT2D eigenvalue weighted by Gasteiger charge is -2.11. The molecule has 0 bridgehead atoms. The second-order valence-electron chi connectivity index (χ2n) is 3.33. The Hall–Kier alpha value is -0.760. The number of ether oxygens (including phenoxy) is 2. The summed E-state index contributed by atoms with van der Waals surface area (Å²) in [6.45, 7) is 4.82. The number of rotatable bonds is 6. The summed E-state index contributed by atoms with van der Waals surface area (Å²) >= 11 is 4.93. The van der Waals surface area contributed by atoms with E-state index in [1.165, 1.54) is 0 Å². The molecule has 2 heterocycles. The molecule has 0 radical (unpaired) electrons. The minimum atomic E-state index is -0.593. The molecule has 0 N–H and O–H groups in total. The molecule has 7 heteroatoms. The summed E-state index contributed by atoms with van der Waals surface area (Å²) in [5.74, 6) is 0.892. The van der Waals surface area contributed by atoms with Gasteiger partial charge < -0.3 is 14.0 Å². The van der Waals surface area contributed by atoms with Crippen molar-refractivity contribution in [1.82, 2.24) is 10.1 Å². The summed E-state index contributed by atoms with van der Waals surface area (Å²) in [5.41, 5.74) is 0. The largest absolute Gasteiger partial charge is 0.345 e. The molecule has 0 aromatic carbocycles. The number of halogens is 1. The third-order valence-electron chi connectivity index (χ3n) is 2.07. The average Bonchev–Trinajstić information content (AvgIpc) is 2.97. The predicted octanol–water partition coefficient (Wildman–Crippen LogP) is 3.63. The van der Waals surface area contributed by atoms with E-state index in [2.05, 4.69) is 26.1 Å². The summed E-state index contributed by atoms with van der Waals surface area (Å²) in [7, 11) is 0. The number of thiophene rings is 1. The SMILES string of the molecule is CCOC(OCC)c1nc(-c2cc(Br)cs2)no1. The Kier molecular flexibility index (Phi) is 4.87. The fourth-order valence-electron chi connectivity index (χ4n) is 1.35. The first-order chi connectivity index (χ1) is 8.74. The Morgan fingerprint density at radius 3 is 2.67 bits per heavy atom. The molecule has 0 saturated heterocycles. The van der Waals surface area contributed by atoms with Crippen LogP contribution in [0.3, 0.4) is 0 Å². The second-order valence-corrected chi connectivity index (χ2v) is 5.15. The lowest BCUT2D eigenvalue weighted by molar-refractivity contribution is -0.155. The maximum absolute atomic E-state index is 5.40. The molecule has 2 aromatic rings. The van der Waals surface area contributed by atoms with Crippen LogP contribution in [-0.4, -0.2) is 23.4 Å². The first kappa shape index (κ1) is 13.7. The average molecular weight is 333 g/mol. The van der Waals surface area contributed by atoms with Gasteiger partial charge in [-0.1, -0.05) is 5.16 Å². The molecular formula is C11H13BrN2O3S. The van der Waals surface area contributed by atoms with Gasteiger partial charge in [0.1, 0.15) is 0 Å². The molecule has 98 valence electrons. The lowest BCUT2D eigenvalue weighted by atomic mass is 10.4. The van der Waals surface area contributed by atoms with Crippen molar-refractivity contribution in [1.29, 1.82) is 0 Å². The second kappa shape index (κ2) is 6.42. The third-order valence-corrected chi connectivity index (χ3v) is 3.75. The zero-order valence-corrected chi connectivity index (χ0v) is 12.5. The van der Waals surface area contributed by atoms with Gasteiger partial charge in [-0.15, -0.1) is 11.3 Å². The first-order valence-electron chi connectivity index (χ1n) is 5.55. The Bertz CT molecular complexity index is 494.